The Kier molecular flexibility index (Phi) is 6.41. The van der Waals surface area contributed by atoms with E-state index in [1.54, 1.807) is 17.0 Å². The lowest BCUT2D eigenvalue weighted by Gasteiger charge is -2.33. The monoisotopic (exact) mass is 449 g/mol. The normalized spacial score (nSPS) is 16.3. The molecule has 1 fully saturated rings. The molecule has 1 aromatic carbocycles. The molecule has 0 radical (unpaired) electrons. The SMILES string of the molecule is Cc1nc(C(C)(C)C)sc1C(=O)N1CCN(S(=O)(=O)c2ccc(C(C)C)cc2)CC1. The van der Waals surface area contributed by atoms with E-state index in [2.05, 4.69) is 39.6 Å². The Labute approximate surface area is 184 Å². The van der Waals surface area contributed by atoms with Crippen molar-refractivity contribution in [3.63, 3.8) is 0 Å². The second-order valence-electron chi connectivity index (χ2n) is 9.10. The minimum Gasteiger partial charge on any atom is -0.335 e. The number of aryl methyl sites for hydroxylation is 1. The van der Waals surface area contributed by atoms with E-state index >= 15 is 0 Å². The van der Waals surface area contributed by atoms with Crippen LogP contribution in [0, 0.1) is 6.92 Å². The summed E-state index contributed by atoms with van der Waals surface area (Å²) in [6.07, 6.45) is 0. The number of piperazine rings is 1. The Morgan fingerprint density at radius 2 is 1.63 bits per heavy atom. The van der Waals surface area contributed by atoms with Crippen LogP contribution in [0.3, 0.4) is 0 Å². The van der Waals surface area contributed by atoms with Crippen molar-refractivity contribution in [1.29, 1.82) is 0 Å². The first-order valence-electron chi connectivity index (χ1n) is 10.3. The average Bonchev–Trinajstić information content (AvgIpc) is 3.09. The smallest absolute Gasteiger partial charge is 0.265 e. The lowest BCUT2D eigenvalue weighted by molar-refractivity contribution is 0.0702. The molecule has 8 heteroatoms. The van der Waals surface area contributed by atoms with Gasteiger partial charge in [-0.15, -0.1) is 11.3 Å². The number of amides is 1. The molecule has 0 aliphatic carbocycles. The average molecular weight is 450 g/mol. The number of aromatic nitrogens is 1. The van der Waals surface area contributed by atoms with Crippen LogP contribution in [0.1, 0.15) is 66.5 Å². The van der Waals surface area contributed by atoms with Crippen molar-refractivity contribution >= 4 is 27.3 Å². The molecule has 0 bridgehead atoms. The number of nitrogens with zero attached hydrogens (tertiary/aromatic N) is 3. The molecule has 1 aliphatic heterocycles. The van der Waals surface area contributed by atoms with E-state index in [1.807, 2.05) is 19.1 Å². The van der Waals surface area contributed by atoms with Gasteiger partial charge in [0.1, 0.15) is 4.88 Å². The summed E-state index contributed by atoms with van der Waals surface area (Å²) in [5.41, 5.74) is 1.75. The Hall–Kier alpha value is -1.77. The lowest BCUT2D eigenvalue weighted by Crippen LogP contribution is -2.50. The fraction of sp³-hybridized carbons (Fsp3) is 0.545. The number of hydrogen-bond donors (Lipinski definition) is 0. The van der Waals surface area contributed by atoms with Crippen molar-refractivity contribution in [3.05, 3.63) is 45.4 Å². The van der Waals surface area contributed by atoms with Crippen LogP contribution in [0.25, 0.3) is 0 Å². The molecule has 6 nitrogen and oxygen atoms in total. The summed E-state index contributed by atoms with van der Waals surface area (Å²) in [5.74, 6) is 0.296. The second kappa shape index (κ2) is 8.40. The third-order valence-electron chi connectivity index (χ3n) is 5.34. The van der Waals surface area contributed by atoms with Gasteiger partial charge in [0.05, 0.1) is 15.6 Å². The molecule has 164 valence electrons. The summed E-state index contributed by atoms with van der Waals surface area (Å²) in [6.45, 7) is 13.6. The van der Waals surface area contributed by atoms with Crippen LogP contribution in [0.4, 0.5) is 0 Å². The van der Waals surface area contributed by atoms with E-state index in [9.17, 15) is 13.2 Å². The predicted octanol–water partition coefficient (Wildman–Crippen LogP) is 4.02. The van der Waals surface area contributed by atoms with Crippen LogP contribution in [0.15, 0.2) is 29.2 Å². The predicted molar refractivity (Wildman–Crippen MR) is 121 cm³/mol. The first-order valence-corrected chi connectivity index (χ1v) is 12.5. The first-order chi connectivity index (χ1) is 13.9. The van der Waals surface area contributed by atoms with E-state index < -0.39 is 10.0 Å². The number of benzene rings is 1. The number of hydrogen-bond acceptors (Lipinski definition) is 5. The van der Waals surface area contributed by atoms with Crippen LogP contribution < -0.4 is 0 Å². The van der Waals surface area contributed by atoms with Crippen LogP contribution in [-0.4, -0.2) is 54.7 Å². The van der Waals surface area contributed by atoms with Gasteiger partial charge >= 0.3 is 0 Å². The fourth-order valence-corrected chi connectivity index (χ4v) is 5.88. The molecule has 2 heterocycles. The minimum atomic E-state index is -3.56. The number of sulfonamides is 1. The summed E-state index contributed by atoms with van der Waals surface area (Å²) in [4.78, 5) is 20.3. The molecule has 30 heavy (non-hydrogen) atoms. The van der Waals surface area contributed by atoms with E-state index in [0.29, 0.717) is 41.9 Å². The maximum Gasteiger partial charge on any atom is 0.265 e. The third-order valence-corrected chi connectivity index (χ3v) is 8.83. The minimum absolute atomic E-state index is 0.0566. The van der Waals surface area contributed by atoms with Crippen molar-refractivity contribution < 1.29 is 13.2 Å². The summed E-state index contributed by atoms with van der Waals surface area (Å²) >= 11 is 1.44. The van der Waals surface area contributed by atoms with Crippen molar-refractivity contribution in [1.82, 2.24) is 14.2 Å². The Bertz CT molecular complexity index is 1010. The molecule has 1 saturated heterocycles. The van der Waals surface area contributed by atoms with E-state index in [4.69, 9.17) is 0 Å². The molecular weight excluding hydrogens is 418 g/mol. The van der Waals surface area contributed by atoms with Crippen LogP contribution in [0.5, 0.6) is 0 Å². The molecule has 3 rings (SSSR count). The fourth-order valence-electron chi connectivity index (χ4n) is 3.36. The van der Waals surface area contributed by atoms with Crippen LogP contribution in [0.2, 0.25) is 0 Å². The van der Waals surface area contributed by atoms with Crippen molar-refractivity contribution in [2.75, 3.05) is 26.2 Å². The summed E-state index contributed by atoms with van der Waals surface area (Å²) < 4.78 is 27.5. The van der Waals surface area contributed by atoms with E-state index in [-0.39, 0.29) is 11.3 Å². The molecule has 1 aromatic heterocycles. The molecule has 2 aromatic rings. The topological polar surface area (TPSA) is 70.6 Å². The number of rotatable bonds is 4. The molecule has 0 atom stereocenters. The van der Waals surface area contributed by atoms with Gasteiger partial charge in [-0.25, -0.2) is 13.4 Å². The highest BCUT2D eigenvalue weighted by atomic mass is 32.2. The van der Waals surface area contributed by atoms with Gasteiger partial charge < -0.3 is 4.90 Å². The van der Waals surface area contributed by atoms with Gasteiger partial charge in [-0.2, -0.15) is 4.31 Å². The van der Waals surface area contributed by atoms with Gasteiger partial charge in [-0.05, 0) is 30.5 Å². The highest BCUT2D eigenvalue weighted by Gasteiger charge is 2.32. The van der Waals surface area contributed by atoms with Gasteiger partial charge in [0.15, 0.2) is 0 Å². The van der Waals surface area contributed by atoms with E-state index in [1.165, 1.54) is 15.6 Å². The number of thiazole rings is 1. The Balaban J connectivity index is 1.70. The number of carbonyl (C=O) groups excluding carboxylic acids is 1. The van der Waals surface area contributed by atoms with E-state index in [0.717, 1.165) is 16.3 Å². The first kappa shape index (κ1) is 22.9. The molecule has 0 N–H and O–H groups in total. The molecule has 0 spiro atoms. The maximum atomic E-state index is 13.0. The highest BCUT2D eigenvalue weighted by molar-refractivity contribution is 7.89. The summed E-state index contributed by atoms with van der Waals surface area (Å²) in [5, 5.41) is 0.939. The summed E-state index contributed by atoms with van der Waals surface area (Å²) in [6, 6.07) is 7.10. The lowest BCUT2D eigenvalue weighted by atomic mass is 9.98. The van der Waals surface area contributed by atoms with Crippen LogP contribution in [-0.2, 0) is 15.4 Å². The maximum absolute atomic E-state index is 13.0. The van der Waals surface area contributed by atoms with Crippen molar-refractivity contribution in [2.45, 2.75) is 57.8 Å². The second-order valence-corrected chi connectivity index (χ2v) is 12.0. The Morgan fingerprint density at radius 1 is 1.07 bits per heavy atom. The van der Waals surface area contributed by atoms with Gasteiger partial charge in [-0.3, -0.25) is 4.79 Å². The molecule has 1 aliphatic rings. The largest absolute Gasteiger partial charge is 0.335 e. The Morgan fingerprint density at radius 3 is 2.10 bits per heavy atom. The molecule has 0 unspecified atom stereocenters. The zero-order valence-corrected chi connectivity index (χ0v) is 20.2. The quantitative estimate of drug-likeness (QED) is 0.707. The van der Waals surface area contributed by atoms with Crippen molar-refractivity contribution in [3.8, 4) is 0 Å². The third kappa shape index (κ3) is 4.60. The number of carbonyl (C=O) groups is 1. The highest BCUT2D eigenvalue weighted by Crippen LogP contribution is 2.30. The standard InChI is InChI=1S/C22H31N3O3S2/c1-15(2)17-7-9-18(10-8-17)30(27,28)25-13-11-24(12-14-25)20(26)19-16(3)23-21(29-19)22(4,5)6/h7-10,15H,11-14H2,1-6H3. The van der Waals surface area contributed by atoms with Gasteiger partial charge in [-0.1, -0.05) is 46.8 Å². The van der Waals surface area contributed by atoms with Crippen molar-refractivity contribution in [2.24, 2.45) is 0 Å². The van der Waals surface area contributed by atoms with Gasteiger partial charge in [0, 0.05) is 31.6 Å². The van der Waals surface area contributed by atoms with Crippen LogP contribution >= 0.6 is 11.3 Å². The zero-order valence-electron chi connectivity index (χ0n) is 18.6. The molecule has 0 saturated carbocycles. The summed E-state index contributed by atoms with van der Waals surface area (Å²) in [7, 11) is -3.56. The molecule has 1 amide bonds. The zero-order chi connectivity index (χ0) is 22.3. The van der Waals surface area contributed by atoms with Gasteiger partial charge in [0.2, 0.25) is 10.0 Å². The molecular formula is C22H31N3O3S2. The van der Waals surface area contributed by atoms with Gasteiger partial charge in [0.25, 0.3) is 5.91 Å².